The molecule has 3 aliphatic rings. The topological polar surface area (TPSA) is 93.2 Å². The van der Waals surface area contributed by atoms with E-state index in [1.807, 2.05) is 0 Å². The Balaban J connectivity index is 1.25. The van der Waals surface area contributed by atoms with Gasteiger partial charge in [0, 0.05) is 18.0 Å². The third-order valence-corrected chi connectivity index (χ3v) is 7.63. The van der Waals surface area contributed by atoms with E-state index in [0.29, 0.717) is 28.1 Å². The summed E-state index contributed by atoms with van der Waals surface area (Å²) in [7, 11) is 1.50. The molecule has 5 rings (SSSR count). The number of carbonyl (C=O) groups excluding carboxylic acids is 4. The highest BCUT2D eigenvalue weighted by Crippen LogP contribution is 2.42. The molecule has 0 aromatic heterocycles. The molecule has 3 amide bonds. The molecule has 2 aromatic carbocycles. The van der Waals surface area contributed by atoms with E-state index in [1.54, 1.807) is 42.5 Å². The zero-order valence-electron chi connectivity index (χ0n) is 20.1. The van der Waals surface area contributed by atoms with E-state index in [-0.39, 0.29) is 48.3 Å². The molecule has 188 valence electrons. The van der Waals surface area contributed by atoms with Crippen LogP contribution in [0.15, 0.2) is 42.5 Å². The molecule has 1 saturated carbocycles. The quantitative estimate of drug-likeness (QED) is 0.339. The van der Waals surface area contributed by atoms with Crippen molar-refractivity contribution in [1.82, 2.24) is 0 Å². The number of fused-ring (bicyclic) bond motifs is 1. The van der Waals surface area contributed by atoms with Crippen molar-refractivity contribution in [2.75, 3.05) is 23.5 Å². The number of anilines is 2. The maximum Gasteiger partial charge on any atom is 0.316 e. The van der Waals surface area contributed by atoms with Crippen LogP contribution in [0.1, 0.15) is 32.6 Å². The van der Waals surface area contributed by atoms with Crippen LogP contribution in [-0.2, 0) is 19.2 Å². The van der Waals surface area contributed by atoms with Crippen LogP contribution >= 0.6 is 11.6 Å². The summed E-state index contributed by atoms with van der Waals surface area (Å²) in [5, 5.41) is 0.452. The fourth-order valence-corrected chi connectivity index (χ4v) is 5.65. The van der Waals surface area contributed by atoms with E-state index < -0.39 is 11.9 Å². The smallest absolute Gasteiger partial charge is 0.316 e. The highest BCUT2D eigenvalue weighted by Gasteiger charge is 2.50. The van der Waals surface area contributed by atoms with Crippen molar-refractivity contribution in [2.24, 2.45) is 23.7 Å². The summed E-state index contributed by atoms with van der Waals surface area (Å²) in [4.78, 5) is 54.1. The summed E-state index contributed by atoms with van der Waals surface area (Å²) in [6.45, 7) is 2.26. The molecule has 0 N–H and O–H groups in total. The van der Waals surface area contributed by atoms with Gasteiger partial charge < -0.3 is 14.4 Å². The number of nitrogens with zero attached hydrogens (tertiary/aromatic N) is 2. The maximum atomic E-state index is 12.9. The van der Waals surface area contributed by atoms with Crippen molar-refractivity contribution in [2.45, 2.75) is 32.6 Å². The number of esters is 1. The number of hydrogen-bond acceptors (Lipinski definition) is 6. The van der Waals surface area contributed by atoms with Gasteiger partial charge in [-0.05, 0) is 67.6 Å². The summed E-state index contributed by atoms with van der Waals surface area (Å²) in [5.41, 5.74) is 0.978. The highest BCUT2D eigenvalue weighted by molar-refractivity contribution is 6.31. The fourth-order valence-electron chi connectivity index (χ4n) is 5.48. The molecule has 2 saturated heterocycles. The number of carbonyl (C=O) groups is 4. The van der Waals surface area contributed by atoms with Crippen LogP contribution in [0.4, 0.5) is 11.4 Å². The molecule has 0 spiro atoms. The summed E-state index contributed by atoms with van der Waals surface area (Å²) in [6, 6.07) is 11.3. The minimum absolute atomic E-state index is 0.00453. The lowest BCUT2D eigenvalue weighted by Crippen LogP contribution is -2.30. The molecule has 0 radical (unpaired) electrons. The Morgan fingerprint density at radius 3 is 2.44 bits per heavy atom. The number of rotatable bonds is 5. The Labute approximate surface area is 214 Å². The van der Waals surface area contributed by atoms with Crippen molar-refractivity contribution < 1.29 is 28.7 Å². The van der Waals surface area contributed by atoms with Gasteiger partial charge >= 0.3 is 5.97 Å². The van der Waals surface area contributed by atoms with E-state index in [2.05, 4.69) is 6.92 Å². The zero-order chi connectivity index (χ0) is 25.6. The van der Waals surface area contributed by atoms with Crippen LogP contribution in [0.25, 0.3) is 0 Å². The normalized spacial score (nSPS) is 25.8. The average molecular weight is 511 g/mol. The summed E-state index contributed by atoms with van der Waals surface area (Å²) >= 11 is 6.10. The number of hydrogen-bond donors (Lipinski definition) is 0. The predicted molar refractivity (Wildman–Crippen MR) is 133 cm³/mol. The molecule has 2 aromatic rings. The highest BCUT2D eigenvalue weighted by atomic mass is 35.5. The van der Waals surface area contributed by atoms with E-state index >= 15 is 0 Å². The Morgan fingerprint density at radius 1 is 1.00 bits per heavy atom. The molecule has 0 unspecified atom stereocenters. The molecule has 2 heterocycles. The molecule has 9 heteroatoms. The fraction of sp³-hybridized carbons (Fsp3) is 0.407. The van der Waals surface area contributed by atoms with Crippen molar-refractivity contribution in [1.29, 1.82) is 0 Å². The van der Waals surface area contributed by atoms with Crippen molar-refractivity contribution in [3.8, 4) is 11.5 Å². The number of benzene rings is 2. The van der Waals surface area contributed by atoms with Crippen LogP contribution in [0.3, 0.4) is 0 Å². The third-order valence-electron chi connectivity index (χ3n) is 7.39. The Hall–Kier alpha value is -3.39. The first-order valence-electron chi connectivity index (χ1n) is 12.1. The van der Waals surface area contributed by atoms with Gasteiger partial charge in [0.25, 0.3) is 0 Å². The van der Waals surface area contributed by atoms with E-state index in [9.17, 15) is 19.2 Å². The summed E-state index contributed by atoms with van der Waals surface area (Å²) in [6.07, 6.45) is 2.43. The molecule has 2 aliphatic heterocycles. The number of methoxy groups -OCH3 is 1. The van der Waals surface area contributed by atoms with Gasteiger partial charge in [-0.2, -0.15) is 0 Å². The number of ether oxygens (including phenoxy) is 2. The van der Waals surface area contributed by atoms with Gasteiger partial charge in [0.15, 0.2) is 0 Å². The first kappa shape index (κ1) is 24.3. The molecule has 8 nitrogen and oxygen atoms in total. The Kier molecular flexibility index (Phi) is 6.47. The second kappa shape index (κ2) is 9.58. The summed E-state index contributed by atoms with van der Waals surface area (Å²) < 4.78 is 10.9. The molecular weight excluding hydrogens is 484 g/mol. The van der Waals surface area contributed by atoms with Crippen LogP contribution < -0.4 is 19.3 Å². The lowest BCUT2D eigenvalue weighted by molar-refractivity contribution is -0.139. The monoisotopic (exact) mass is 510 g/mol. The second-order valence-electron chi connectivity index (χ2n) is 9.78. The van der Waals surface area contributed by atoms with Gasteiger partial charge in [0.1, 0.15) is 11.5 Å². The van der Waals surface area contributed by atoms with E-state index in [1.165, 1.54) is 16.9 Å². The SMILES string of the molecule is COc1ccc(Cl)cc1N1C[C@H](C(=O)Oc2ccc(N3C(=O)[C@H]4C[C@H](C)CC[C@H]4C3=O)cc2)CC1=O. The van der Waals surface area contributed by atoms with Gasteiger partial charge in [-0.25, -0.2) is 0 Å². The minimum atomic E-state index is -0.660. The lowest BCUT2D eigenvalue weighted by atomic mass is 9.76. The van der Waals surface area contributed by atoms with Crippen LogP contribution in [0, 0.1) is 23.7 Å². The van der Waals surface area contributed by atoms with Crippen molar-refractivity contribution in [3.63, 3.8) is 0 Å². The van der Waals surface area contributed by atoms with Gasteiger partial charge in [-0.1, -0.05) is 18.5 Å². The number of amides is 3. The average Bonchev–Trinajstić information content (AvgIpc) is 3.36. The molecule has 36 heavy (non-hydrogen) atoms. The van der Waals surface area contributed by atoms with Gasteiger partial charge in [0.05, 0.1) is 36.2 Å². The molecule has 3 fully saturated rings. The van der Waals surface area contributed by atoms with Crippen molar-refractivity contribution in [3.05, 3.63) is 47.5 Å². The zero-order valence-corrected chi connectivity index (χ0v) is 20.9. The Bertz CT molecular complexity index is 1230. The van der Waals surface area contributed by atoms with Gasteiger partial charge in [0.2, 0.25) is 17.7 Å². The first-order chi connectivity index (χ1) is 17.3. The minimum Gasteiger partial charge on any atom is -0.495 e. The van der Waals surface area contributed by atoms with Crippen LogP contribution in [-0.4, -0.2) is 37.3 Å². The first-order valence-corrected chi connectivity index (χ1v) is 12.5. The molecule has 1 aliphatic carbocycles. The number of imide groups is 1. The molecular formula is C27H27ClN2O6. The molecule has 4 atom stereocenters. The Morgan fingerprint density at radius 2 is 1.72 bits per heavy atom. The van der Waals surface area contributed by atoms with Crippen LogP contribution in [0.5, 0.6) is 11.5 Å². The van der Waals surface area contributed by atoms with Gasteiger partial charge in [-0.3, -0.25) is 24.1 Å². The van der Waals surface area contributed by atoms with E-state index in [4.69, 9.17) is 21.1 Å². The largest absolute Gasteiger partial charge is 0.495 e. The summed E-state index contributed by atoms with van der Waals surface area (Å²) in [5.74, 6) is -1.02. The van der Waals surface area contributed by atoms with Crippen molar-refractivity contribution >= 4 is 46.7 Å². The van der Waals surface area contributed by atoms with E-state index in [0.717, 1.165) is 19.3 Å². The van der Waals surface area contributed by atoms with Gasteiger partial charge in [-0.15, -0.1) is 0 Å². The third kappa shape index (κ3) is 4.34. The molecule has 0 bridgehead atoms. The number of halogens is 1. The second-order valence-corrected chi connectivity index (χ2v) is 10.2. The standard InChI is InChI=1S/C27H27ClN2O6/c1-15-3-9-20-21(11-15)26(33)30(25(20)32)18-5-7-19(8-6-18)36-27(34)16-12-24(31)29(14-16)22-13-17(28)4-10-23(22)35-2/h4-8,10,13,15-16,20-21H,3,9,11-12,14H2,1-2H3/t15-,16-,20-,21+/m1/s1. The van der Waals surface area contributed by atoms with Crippen LogP contribution in [0.2, 0.25) is 5.02 Å². The predicted octanol–water partition coefficient (Wildman–Crippen LogP) is 4.23. The maximum absolute atomic E-state index is 12.9. The lowest BCUT2D eigenvalue weighted by Gasteiger charge is -2.25.